The highest BCUT2D eigenvalue weighted by molar-refractivity contribution is 7.90. The van der Waals surface area contributed by atoms with Gasteiger partial charge in [0.2, 0.25) is 0 Å². The monoisotopic (exact) mass is 605 g/mol. The van der Waals surface area contributed by atoms with Gasteiger partial charge in [0.1, 0.15) is 11.5 Å². The molecule has 3 aromatic carbocycles. The van der Waals surface area contributed by atoms with Crippen LogP contribution >= 0.6 is 0 Å². The molecule has 0 aliphatic heterocycles. The maximum absolute atomic E-state index is 13.1. The highest BCUT2D eigenvalue weighted by atomic mass is 32.2. The third kappa shape index (κ3) is 6.03. The van der Waals surface area contributed by atoms with Crippen LogP contribution in [-0.4, -0.2) is 41.9 Å². The first-order valence-corrected chi connectivity index (χ1v) is 15.6. The van der Waals surface area contributed by atoms with Gasteiger partial charge in [0, 0.05) is 30.5 Å². The molecule has 2 aromatic heterocycles. The fourth-order valence-corrected chi connectivity index (χ4v) is 5.66. The van der Waals surface area contributed by atoms with E-state index in [1.807, 2.05) is 48.9 Å². The third-order valence-corrected chi connectivity index (χ3v) is 8.19. The lowest BCUT2D eigenvalue weighted by atomic mass is 9.98. The average Bonchev–Trinajstić information content (AvgIpc) is 3.59. The van der Waals surface area contributed by atoms with Crippen molar-refractivity contribution in [2.45, 2.75) is 51.2 Å². The van der Waals surface area contributed by atoms with E-state index in [-0.39, 0.29) is 22.5 Å². The molecule has 0 spiro atoms. The van der Waals surface area contributed by atoms with Gasteiger partial charge in [-0.25, -0.2) is 18.4 Å². The minimum Gasteiger partial charge on any atom is -0.487 e. The molecule has 0 atom stereocenters. The van der Waals surface area contributed by atoms with Crippen LogP contribution in [0.2, 0.25) is 0 Å². The molecule has 1 aliphatic carbocycles. The third-order valence-electron chi connectivity index (χ3n) is 7.08. The Balaban J connectivity index is 1.54. The van der Waals surface area contributed by atoms with Crippen molar-refractivity contribution >= 4 is 9.84 Å². The summed E-state index contributed by atoms with van der Waals surface area (Å²) < 4.78 is 69.5. The van der Waals surface area contributed by atoms with Crippen LogP contribution in [0.5, 0.6) is 11.5 Å². The fourth-order valence-electron chi connectivity index (χ4n) is 4.99. The molecule has 0 radical (unpaired) electrons. The molecule has 1 fully saturated rings. The normalized spacial score (nSPS) is 13.5. The molecule has 2 heterocycles. The SMILES string of the molecule is Cc1cn(-c2ccc(-c3cccc(S(C)(=O)=O)c3)cc2-c2nc(C)oc2-c2ccc(OC(F)F)c(OC3CC3)c2)c(C)n1. The lowest BCUT2D eigenvalue weighted by Crippen LogP contribution is -2.05. The molecule has 0 N–H and O–H groups in total. The number of rotatable bonds is 9. The van der Waals surface area contributed by atoms with E-state index in [0.717, 1.165) is 35.6 Å². The largest absolute Gasteiger partial charge is 0.487 e. The van der Waals surface area contributed by atoms with Crippen LogP contribution in [0.4, 0.5) is 8.78 Å². The Morgan fingerprint density at radius 2 is 1.67 bits per heavy atom. The van der Waals surface area contributed by atoms with Crippen molar-refractivity contribution < 1.29 is 31.1 Å². The second-order valence-corrected chi connectivity index (χ2v) is 12.6. The van der Waals surface area contributed by atoms with E-state index in [1.165, 1.54) is 12.3 Å². The number of hydrogen-bond acceptors (Lipinski definition) is 7. The van der Waals surface area contributed by atoms with Gasteiger partial charge in [0.05, 0.1) is 22.4 Å². The van der Waals surface area contributed by atoms with E-state index in [1.54, 1.807) is 37.3 Å². The number of ether oxygens (including phenoxy) is 2. The second-order valence-electron chi connectivity index (χ2n) is 10.6. The van der Waals surface area contributed by atoms with Crippen molar-refractivity contribution in [2.24, 2.45) is 0 Å². The van der Waals surface area contributed by atoms with Gasteiger partial charge in [0.15, 0.2) is 33.0 Å². The summed E-state index contributed by atoms with van der Waals surface area (Å²) in [5.74, 6) is 1.73. The van der Waals surface area contributed by atoms with Gasteiger partial charge in [-0.05, 0) is 80.3 Å². The lowest BCUT2D eigenvalue weighted by Gasteiger charge is -2.15. The molecular weight excluding hydrogens is 576 g/mol. The average molecular weight is 606 g/mol. The van der Waals surface area contributed by atoms with Crippen molar-refractivity contribution in [3.63, 3.8) is 0 Å². The first kappa shape index (κ1) is 28.6. The van der Waals surface area contributed by atoms with Crippen molar-refractivity contribution in [1.29, 1.82) is 0 Å². The molecule has 11 heteroatoms. The van der Waals surface area contributed by atoms with Crippen molar-refractivity contribution in [2.75, 3.05) is 6.26 Å². The maximum atomic E-state index is 13.1. The fraction of sp³-hybridized carbons (Fsp3) is 0.250. The van der Waals surface area contributed by atoms with E-state index >= 15 is 0 Å². The Hall–Kier alpha value is -4.51. The van der Waals surface area contributed by atoms with Crippen molar-refractivity contribution in [3.05, 3.63) is 84.3 Å². The highest BCUT2D eigenvalue weighted by Crippen LogP contribution is 2.42. The Bertz CT molecular complexity index is 1940. The predicted molar refractivity (Wildman–Crippen MR) is 158 cm³/mol. The number of oxazole rings is 1. The van der Waals surface area contributed by atoms with Crippen LogP contribution < -0.4 is 9.47 Å². The maximum Gasteiger partial charge on any atom is 0.387 e. The first-order valence-electron chi connectivity index (χ1n) is 13.7. The summed E-state index contributed by atoms with van der Waals surface area (Å²) in [4.78, 5) is 9.54. The standard InChI is InChI=1S/C32H29F2N3O5S/c1-18-17-37(19(2)35-18)27-12-8-22(21-6-5-7-25(14-21)43(4,38)39)15-26(27)30-31(40-20(3)36-30)23-9-13-28(42-32(33)34)29(16-23)41-24-10-11-24/h5-9,12-17,24,32H,10-11H2,1-4H3. The number of sulfone groups is 1. The van der Waals surface area contributed by atoms with E-state index in [4.69, 9.17) is 18.9 Å². The number of aromatic nitrogens is 3. The molecule has 0 unspecified atom stereocenters. The van der Waals surface area contributed by atoms with Gasteiger partial charge in [0.25, 0.3) is 0 Å². The summed E-state index contributed by atoms with van der Waals surface area (Å²) in [5, 5.41) is 0. The van der Waals surface area contributed by atoms with E-state index in [0.29, 0.717) is 34.0 Å². The van der Waals surface area contributed by atoms with Crippen LogP contribution in [0, 0.1) is 20.8 Å². The van der Waals surface area contributed by atoms with Gasteiger partial charge in [-0.2, -0.15) is 8.78 Å². The Morgan fingerprint density at radius 1 is 0.930 bits per heavy atom. The molecule has 8 nitrogen and oxygen atoms in total. The summed E-state index contributed by atoms with van der Waals surface area (Å²) >= 11 is 0. The molecule has 0 bridgehead atoms. The molecule has 222 valence electrons. The van der Waals surface area contributed by atoms with Gasteiger partial charge < -0.3 is 18.5 Å². The molecule has 0 amide bonds. The van der Waals surface area contributed by atoms with Crippen LogP contribution in [0.3, 0.4) is 0 Å². The summed E-state index contributed by atoms with van der Waals surface area (Å²) in [7, 11) is -3.42. The summed E-state index contributed by atoms with van der Waals surface area (Å²) in [6, 6.07) is 17.2. The van der Waals surface area contributed by atoms with Gasteiger partial charge in [-0.15, -0.1) is 0 Å². The number of alkyl halides is 2. The van der Waals surface area contributed by atoms with Gasteiger partial charge in [-0.1, -0.05) is 18.2 Å². The van der Waals surface area contributed by atoms with Crippen molar-refractivity contribution in [1.82, 2.24) is 14.5 Å². The number of hydrogen-bond donors (Lipinski definition) is 0. The Labute approximate surface area is 247 Å². The Morgan fingerprint density at radius 3 is 2.35 bits per heavy atom. The minimum atomic E-state index is -3.42. The van der Waals surface area contributed by atoms with Crippen LogP contribution in [0.1, 0.15) is 30.3 Å². The predicted octanol–water partition coefficient (Wildman–Crippen LogP) is 7.33. The smallest absolute Gasteiger partial charge is 0.387 e. The van der Waals surface area contributed by atoms with E-state index < -0.39 is 16.4 Å². The second kappa shape index (κ2) is 11.0. The number of nitrogens with zero attached hydrogens (tertiary/aromatic N) is 3. The van der Waals surface area contributed by atoms with Crippen LogP contribution in [0.15, 0.2) is 76.2 Å². The van der Waals surface area contributed by atoms with Crippen LogP contribution in [0.25, 0.3) is 39.4 Å². The van der Waals surface area contributed by atoms with E-state index in [9.17, 15) is 17.2 Å². The highest BCUT2D eigenvalue weighted by Gasteiger charge is 2.27. The molecule has 43 heavy (non-hydrogen) atoms. The molecular formula is C32H29F2N3O5S. The Kier molecular flexibility index (Phi) is 7.29. The number of imidazole rings is 1. The van der Waals surface area contributed by atoms with Gasteiger partial charge >= 0.3 is 6.61 Å². The van der Waals surface area contributed by atoms with Crippen LogP contribution in [-0.2, 0) is 9.84 Å². The molecule has 6 rings (SSSR count). The topological polar surface area (TPSA) is 96.5 Å². The first-order chi connectivity index (χ1) is 20.5. The number of benzene rings is 3. The quantitative estimate of drug-likeness (QED) is 0.174. The molecule has 5 aromatic rings. The zero-order valence-corrected chi connectivity index (χ0v) is 24.8. The van der Waals surface area contributed by atoms with Crippen molar-refractivity contribution in [3.8, 4) is 50.9 Å². The molecule has 1 saturated carbocycles. The minimum absolute atomic E-state index is 0.0513. The lowest BCUT2D eigenvalue weighted by molar-refractivity contribution is -0.0516. The molecule has 1 aliphatic rings. The summed E-state index contributed by atoms with van der Waals surface area (Å²) in [5.41, 5.74) is 4.88. The molecule has 0 saturated heterocycles. The van der Waals surface area contributed by atoms with Gasteiger partial charge in [-0.3, -0.25) is 0 Å². The summed E-state index contributed by atoms with van der Waals surface area (Å²) in [6.07, 6.45) is 4.72. The zero-order chi connectivity index (χ0) is 30.5. The number of aryl methyl sites for hydroxylation is 3. The number of halogens is 2. The van der Waals surface area contributed by atoms with E-state index in [2.05, 4.69) is 4.98 Å². The summed E-state index contributed by atoms with van der Waals surface area (Å²) in [6.45, 7) is 2.54. The zero-order valence-electron chi connectivity index (χ0n) is 24.0.